The number of carbonyl (C=O) groups excluding carboxylic acids is 1. The highest BCUT2D eigenvalue weighted by atomic mass is 16.6. The van der Waals surface area contributed by atoms with Gasteiger partial charge in [-0.25, -0.2) is 4.79 Å². The Hall–Kier alpha value is -3.80. The van der Waals surface area contributed by atoms with E-state index in [1.807, 2.05) is 50.3 Å². The molecule has 31 heavy (non-hydrogen) atoms. The lowest BCUT2D eigenvalue weighted by Crippen LogP contribution is -2.18. The molecule has 0 radical (unpaired) electrons. The maximum Gasteiger partial charge on any atom is 0.349 e. The molecule has 0 amide bonds. The summed E-state index contributed by atoms with van der Waals surface area (Å²) in [6, 6.07) is 16.3. The van der Waals surface area contributed by atoms with E-state index in [9.17, 15) is 4.79 Å². The van der Waals surface area contributed by atoms with Crippen molar-refractivity contribution in [2.75, 3.05) is 19.8 Å². The fourth-order valence-electron chi connectivity index (χ4n) is 2.74. The van der Waals surface area contributed by atoms with Crippen molar-refractivity contribution >= 4 is 18.1 Å². The second kappa shape index (κ2) is 11.4. The first kappa shape index (κ1) is 21.9. The number of aromatic nitrogens is 1. The molecular formula is C25H25NO5. The molecule has 1 aromatic heterocycles. The van der Waals surface area contributed by atoms with E-state index in [4.69, 9.17) is 18.9 Å². The number of hydrogen-bond acceptors (Lipinski definition) is 6. The molecule has 0 aliphatic rings. The third kappa shape index (κ3) is 6.89. The lowest BCUT2D eigenvalue weighted by Gasteiger charge is -2.12. The molecule has 0 aliphatic heterocycles. The van der Waals surface area contributed by atoms with Crippen LogP contribution in [0.3, 0.4) is 0 Å². The van der Waals surface area contributed by atoms with Crippen LogP contribution in [0.15, 0.2) is 67.0 Å². The van der Waals surface area contributed by atoms with Crippen molar-refractivity contribution in [3.63, 3.8) is 0 Å². The predicted molar refractivity (Wildman–Crippen MR) is 120 cm³/mol. The number of pyridine rings is 1. The molecule has 6 nitrogen and oxygen atoms in total. The molecule has 0 unspecified atom stereocenters. The second-order valence-corrected chi connectivity index (χ2v) is 6.42. The van der Waals surface area contributed by atoms with Gasteiger partial charge in [-0.05, 0) is 73.5 Å². The number of esters is 1. The van der Waals surface area contributed by atoms with Crippen LogP contribution in [0.25, 0.3) is 12.2 Å². The van der Waals surface area contributed by atoms with Crippen molar-refractivity contribution in [1.29, 1.82) is 0 Å². The first-order chi connectivity index (χ1) is 15.2. The minimum atomic E-state index is -0.519. The molecule has 2 aromatic carbocycles. The summed E-state index contributed by atoms with van der Waals surface area (Å²) in [5, 5.41) is 0. The van der Waals surface area contributed by atoms with E-state index in [0.717, 1.165) is 16.9 Å². The van der Waals surface area contributed by atoms with Gasteiger partial charge in [0.25, 0.3) is 0 Å². The summed E-state index contributed by atoms with van der Waals surface area (Å²) >= 11 is 0. The first-order valence-corrected chi connectivity index (χ1v) is 10.1. The highest BCUT2D eigenvalue weighted by Crippen LogP contribution is 2.29. The Morgan fingerprint density at radius 1 is 0.774 bits per heavy atom. The number of rotatable bonds is 10. The maximum atomic E-state index is 12.3. The molecule has 0 atom stereocenters. The zero-order chi connectivity index (χ0) is 21.9. The van der Waals surface area contributed by atoms with Gasteiger partial charge in [0.05, 0.1) is 13.2 Å². The number of benzene rings is 2. The molecule has 160 valence electrons. The van der Waals surface area contributed by atoms with E-state index in [-0.39, 0.29) is 6.61 Å². The van der Waals surface area contributed by atoms with Crippen LogP contribution < -0.4 is 18.9 Å². The molecule has 6 heteroatoms. The summed E-state index contributed by atoms with van der Waals surface area (Å²) < 4.78 is 22.0. The maximum absolute atomic E-state index is 12.3. The van der Waals surface area contributed by atoms with Crippen molar-refractivity contribution in [2.45, 2.75) is 13.8 Å². The summed E-state index contributed by atoms with van der Waals surface area (Å²) in [6.07, 6.45) is 7.41. The minimum Gasteiger partial charge on any atom is -0.494 e. The van der Waals surface area contributed by atoms with Gasteiger partial charge in [-0.2, -0.15) is 0 Å². The molecule has 1 heterocycles. The standard InChI is InChI=1S/C25H25NO5/c1-3-28-21-8-10-22(11-9-21)30-18-25(27)31-23-12-7-20(17-24(23)29-4-2)6-5-19-13-15-26-16-14-19/h5-17H,3-4,18H2,1-2H3/b6-5+. The van der Waals surface area contributed by atoms with Crippen LogP contribution in [0.5, 0.6) is 23.0 Å². The van der Waals surface area contributed by atoms with Crippen LogP contribution >= 0.6 is 0 Å². The second-order valence-electron chi connectivity index (χ2n) is 6.42. The molecule has 0 saturated heterocycles. The fourth-order valence-corrected chi connectivity index (χ4v) is 2.74. The molecule has 0 bridgehead atoms. The van der Waals surface area contributed by atoms with E-state index in [1.54, 1.807) is 42.7 Å². The number of nitrogens with zero attached hydrogens (tertiary/aromatic N) is 1. The molecule has 0 aliphatic carbocycles. The smallest absolute Gasteiger partial charge is 0.349 e. The predicted octanol–water partition coefficient (Wildman–Crippen LogP) is 5.03. The fraction of sp³-hybridized carbons (Fsp3) is 0.200. The van der Waals surface area contributed by atoms with Crippen molar-refractivity contribution in [2.24, 2.45) is 0 Å². The van der Waals surface area contributed by atoms with Gasteiger partial charge in [-0.3, -0.25) is 4.98 Å². The lowest BCUT2D eigenvalue weighted by atomic mass is 10.1. The Kier molecular flexibility index (Phi) is 8.05. The highest BCUT2D eigenvalue weighted by molar-refractivity contribution is 5.76. The van der Waals surface area contributed by atoms with Crippen LogP contribution in [0.1, 0.15) is 25.0 Å². The van der Waals surface area contributed by atoms with E-state index in [2.05, 4.69) is 4.98 Å². The highest BCUT2D eigenvalue weighted by Gasteiger charge is 2.12. The minimum absolute atomic E-state index is 0.219. The van der Waals surface area contributed by atoms with Gasteiger partial charge in [0.1, 0.15) is 11.5 Å². The molecule has 0 saturated carbocycles. The van der Waals surface area contributed by atoms with Gasteiger partial charge in [0.15, 0.2) is 18.1 Å². The molecular weight excluding hydrogens is 394 g/mol. The van der Waals surface area contributed by atoms with Crippen molar-refractivity contribution in [1.82, 2.24) is 4.98 Å². The van der Waals surface area contributed by atoms with Crippen molar-refractivity contribution < 1.29 is 23.7 Å². The quantitative estimate of drug-likeness (QED) is 0.339. The largest absolute Gasteiger partial charge is 0.494 e. The van der Waals surface area contributed by atoms with Crippen LogP contribution in [0, 0.1) is 0 Å². The molecule has 3 rings (SSSR count). The Morgan fingerprint density at radius 3 is 2.10 bits per heavy atom. The van der Waals surface area contributed by atoms with E-state index >= 15 is 0 Å². The Labute approximate surface area is 182 Å². The van der Waals surface area contributed by atoms with Gasteiger partial charge in [0, 0.05) is 12.4 Å². The molecule has 0 N–H and O–H groups in total. The summed E-state index contributed by atoms with van der Waals surface area (Å²) in [5.74, 6) is 1.63. The van der Waals surface area contributed by atoms with Gasteiger partial charge < -0.3 is 18.9 Å². The Morgan fingerprint density at radius 2 is 1.42 bits per heavy atom. The lowest BCUT2D eigenvalue weighted by molar-refractivity contribution is -0.136. The monoisotopic (exact) mass is 419 g/mol. The zero-order valence-corrected chi connectivity index (χ0v) is 17.6. The number of ether oxygens (including phenoxy) is 4. The van der Waals surface area contributed by atoms with Gasteiger partial charge >= 0.3 is 5.97 Å². The van der Waals surface area contributed by atoms with Gasteiger partial charge in [-0.1, -0.05) is 18.2 Å². The third-order valence-corrected chi connectivity index (χ3v) is 4.16. The van der Waals surface area contributed by atoms with E-state index in [1.165, 1.54) is 0 Å². The first-order valence-electron chi connectivity index (χ1n) is 10.1. The van der Waals surface area contributed by atoms with Crippen LogP contribution in [-0.2, 0) is 4.79 Å². The molecule has 0 fully saturated rings. The SMILES string of the molecule is CCOc1ccc(OCC(=O)Oc2ccc(/C=C/c3ccncc3)cc2OCC)cc1. The molecule has 3 aromatic rings. The average molecular weight is 419 g/mol. The summed E-state index contributed by atoms with van der Waals surface area (Å²) in [6.45, 7) is 4.61. The number of carbonyl (C=O) groups is 1. The zero-order valence-electron chi connectivity index (χ0n) is 17.6. The van der Waals surface area contributed by atoms with Crippen LogP contribution in [-0.4, -0.2) is 30.8 Å². The Bertz CT molecular complexity index is 1000. The van der Waals surface area contributed by atoms with E-state index < -0.39 is 5.97 Å². The normalized spacial score (nSPS) is 10.6. The number of hydrogen-bond donors (Lipinski definition) is 0. The van der Waals surface area contributed by atoms with Gasteiger partial charge in [0.2, 0.25) is 0 Å². The summed E-state index contributed by atoms with van der Waals surface area (Å²) in [4.78, 5) is 16.3. The summed E-state index contributed by atoms with van der Waals surface area (Å²) in [7, 11) is 0. The van der Waals surface area contributed by atoms with Gasteiger partial charge in [-0.15, -0.1) is 0 Å². The summed E-state index contributed by atoms with van der Waals surface area (Å²) in [5.41, 5.74) is 1.96. The average Bonchev–Trinajstić information content (AvgIpc) is 2.80. The topological polar surface area (TPSA) is 66.9 Å². The van der Waals surface area contributed by atoms with Crippen LogP contribution in [0.4, 0.5) is 0 Å². The van der Waals surface area contributed by atoms with E-state index in [0.29, 0.717) is 30.5 Å². The Balaban J connectivity index is 1.61. The third-order valence-electron chi connectivity index (χ3n) is 4.16. The van der Waals surface area contributed by atoms with Crippen LogP contribution in [0.2, 0.25) is 0 Å². The van der Waals surface area contributed by atoms with Crippen molar-refractivity contribution in [3.8, 4) is 23.0 Å². The van der Waals surface area contributed by atoms with Crippen molar-refractivity contribution in [3.05, 3.63) is 78.1 Å². The molecule has 0 spiro atoms.